The van der Waals surface area contributed by atoms with Gasteiger partial charge in [-0.05, 0) is 36.8 Å². The molecule has 1 aliphatic carbocycles. The molecular formula is C16H21FN2S. The molecule has 0 unspecified atom stereocenters. The smallest absolute Gasteiger partial charge is 0.161 e. The lowest BCUT2D eigenvalue weighted by molar-refractivity contribution is 0.232. The van der Waals surface area contributed by atoms with E-state index in [2.05, 4.69) is 10.3 Å². The van der Waals surface area contributed by atoms with Gasteiger partial charge in [-0.2, -0.15) is 0 Å². The molecule has 108 valence electrons. The van der Waals surface area contributed by atoms with E-state index >= 15 is 0 Å². The number of nitrogens with zero attached hydrogens (tertiary/aromatic N) is 1. The van der Waals surface area contributed by atoms with E-state index < -0.39 is 0 Å². The van der Waals surface area contributed by atoms with Crippen LogP contribution in [0, 0.1) is 18.2 Å². The molecule has 1 heterocycles. The first-order valence-corrected chi connectivity index (χ1v) is 8.37. The molecule has 3 rings (SSSR count). The van der Waals surface area contributed by atoms with Crippen molar-refractivity contribution in [1.82, 2.24) is 0 Å². The minimum Gasteiger partial charge on any atom is -0.332 e. The van der Waals surface area contributed by atoms with Crippen molar-refractivity contribution in [3.8, 4) is 0 Å². The van der Waals surface area contributed by atoms with E-state index in [0.717, 1.165) is 23.0 Å². The van der Waals surface area contributed by atoms with Gasteiger partial charge in [-0.25, -0.2) is 4.39 Å². The summed E-state index contributed by atoms with van der Waals surface area (Å²) in [4.78, 5) is 4.69. The van der Waals surface area contributed by atoms with Gasteiger partial charge in [-0.15, -0.1) is 0 Å². The van der Waals surface area contributed by atoms with Gasteiger partial charge in [0.1, 0.15) is 5.82 Å². The highest BCUT2D eigenvalue weighted by molar-refractivity contribution is 8.14. The van der Waals surface area contributed by atoms with Crippen molar-refractivity contribution >= 4 is 22.6 Å². The van der Waals surface area contributed by atoms with E-state index in [4.69, 9.17) is 0 Å². The zero-order chi connectivity index (χ0) is 14.0. The Bertz CT molecular complexity index is 501. The first-order chi connectivity index (χ1) is 9.69. The van der Waals surface area contributed by atoms with Gasteiger partial charge in [0.15, 0.2) is 5.17 Å². The highest BCUT2D eigenvalue weighted by Gasteiger charge is 2.35. The number of hydrogen-bond donors (Lipinski definition) is 1. The number of thioether (sulfide) groups is 1. The molecule has 1 saturated carbocycles. The Hall–Kier alpha value is -1.03. The average Bonchev–Trinajstić information content (AvgIpc) is 2.46. The fourth-order valence-electron chi connectivity index (χ4n) is 3.13. The number of hydrogen-bond acceptors (Lipinski definition) is 3. The Labute approximate surface area is 124 Å². The van der Waals surface area contributed by atoms with Crippen LogP contribution in [0.3, 0.4) is 0 Å². The lowest BCUT2D eigenvalue weighted by Gasteiger charge is -2.38. The van der Waals surface area contributed by atoms with Gasteiger partial charge in [0, 0.05) is 12.3 Å². The molecular weight excluding hydrogens is 271 g/mol. The van der Waals surface area contributed by atoms with Crippen molar-refractivity contribution in [3.05, 3.63) is 29.6 Å². The quantitative estimate of drug-likeness (QED) is 0.818. The maximum absolute atomic E-state index is 13.8. The number of para-hydroxylation sites is 1. The van der Waals surface area contributed by atoms with Gasteiger partial charge in [0.2, 0.25) is 0 Å². The van der Waals surface area contributed by atoms with Crippen LogP contribution in [0.4, 0.5) is 10.1 Å². The molecule has 0 radical (unpaired) electrons. The Kier molecular flexibility index (Phi) is 4.01. The summed E-state index contributed by atoms with van der Waals surface area (Å²) in [7, 11) is 0. The van der Waals surface area contributed by atoms with Crippen LogP contribution < -0.4 is 5.32 Å². The SMILES string of the molecule is Cc1cccc(F)c1NC1=NCC2(CCCCC2)CS1. The van der Waals surface area contributed by atoms with E-state index in [1.54, 1.807) is 17.8 Å². The number of amidine groups is 1. The summed E-state index contributed by atoms with van der Waals surface area (Å²) < 4.78 is 13.8. The number of nitrogens with one attached hydrogen (secondary N) is 1. The minimum atomic E-state index is -0.203. The number of benzene rings is 1. The van der Waals surface area contributed by atoms with E-state index in [0.29, 0.717) is 11.1 Å². The first kappa shape index (κ1) is 13.9. The third kappa shape index (κ3) is 2.85. The summed E-state index contributed by atoms with van der Waals surface area (Å²) in [6.07, 6.45) is 6.65. The molecule has 0 amide bonds. The normalized spacial score (nSPS) is 21.6. The number of anilines is 1. The maximum atomic E-state index is 13.8. The molecule has 1 spiro atoms. The molecule has 1 aromatic rings. The predicted molar refractivity (Wildman–Crippen MR) is 85.0 cm³/mol. The summed E-state index contributed by atoms with van der Waals surface area (Å²) in [6, 6.07) is 5.15. The Balaban J connectivity index is 1.71. The van der Waals surface area contributed by atoms with Crippen LogP contribution in [-0.4, -0.2) is 17.5 Å². The third-order valence-corrected chi connectivity index (χ3v) is 5.70. The second-order valence-electron chi connectivity index (χ2n) is 6.03. The van der Waals surface area contributed by atoms with E-state index in [1.165, 1.54) is 38.2 Å². The monoisotopic (exact) mass is 292 g/mol. The van der Waals surface area contributed by atoms with E-state index in [1.807, 2.05) is 13.0 Å². The molecule has 1 N–H and O–H groups in total. The molecule has 4 heteroatoms. The van der Waals surface area contributed by atoms with Gasteiger partial charge in [-0.3, -0.25) is 4.99 Å². The van der Waals surface area contributed by atoms with E-state index in [-0.39, 0.29) is 5.82 Å². The van der Waals surface area contributed by atoms with Crippen LogP contribution in [0.25, 0.3) is 0 Å². The van der Waals surface area contributed by atoms with Crippen LogP contribution in [0.2, 0.25) is 0 Å². The molecule has 0 atom stereocenters. The number of rotatable bonds is 1. The van der Waals surface area contributed by atoms with Crippen molar-refractivity contribution in [3.63, 3.8) is 0 Å². The molecule has 0 aromatic heterocycles. The molecule has 1 aromatic carbocycles. The summed E-state index contributed by atoms with van der Waals surface area (Å²) >= 11 is 1.75. The van der Waals surface area contributed by atoms with E-state index in [9.17, 15) is 4.39 Å². The van der Waals surface area contributed by atoms with Crippen molar-refractivity contribution in [2.75, 3.05) is 17.6 Å². The zero-order valence-corrected chi connectivity index (χ0v) is 12.7. The Morgan fingerprint density at radius 1 is 1.25 bits per heavy atom. The fourth-order valence-corrected chi connectivity index (χ4v) is 4.28. The topological polar surface area (TPSA) is 24.4 Å². The van der Waals surface area contributed by atoms with Crippen LogP contribution in [-0.2, 0) is 0 Å². The summed E-state index contributed by atoms with van der Waals surface area (Å²) in [5.41, 5.74) is 1.91. The molecule has 1 fully saturated rings. The maximum Gasteiger partial charge on any atom is 0.161 e. The third-order valence-electron chi connectivity index (χ3n) is 4.44. The van der Waals surface area contributed by atoms with Crippen molar-refractivity contribution in [1.29, 1.82) is 0 Å². The van der Waals surface area contributed by atoms with Crippen molar-refractivity contribution < 1.29 is 4.39 Å². The van der Waals surface area contributed by atoms with Crippen LogP contribution in [0.15, 0.2) is 23.2 Å². The summed E-state index contributed by atoms with van der Waals surface area (Å²) in [5, 5.41) is 4.05. The molecule has 2 nitrogen and oxygen atoms in total. The number of halogens is 1. The average molecular weight is 292 g/mol. The lowest BCUT2D eigenvalue weighted by Crippen LogP contribution is -2.35. The fraction of sp³-hybridized carbons (Fsp3) is 0.562. The van der Waals surface area contributed by atoms with Crippen molar-refractivity contribution in [2.24, 2.45) is 10.4 Å². The standard InChI is InChI=1S/C16H21FN2S/c1-12-6-5-7-13(17)14(12)19-15-18-10-16(11-20-15)8-3-2-4-9-16/h5-7H,2-4,8-11H2,1H3,(H,18,19). The first-order valence-electron chi connectivity index (χ1n) is 7.38. The molecule has 0 bridgehead atoms. The second kappa shape index (κ2) is 5.76. The zero-order valence-electron chi connectivity index (χ0n) is 11.9. The summed E-state index contributed by atoms with van der Waals surface area (Å²) in [6.45, 7) is 2.82. The Morgan fingerprint density at radius 3 is 2.70 bits per heavy atom. The largest absolute Gasteiger partial charge is 0.332 e. The minimum absolute atomic E-state index is 0.203. The van der Waals surface area contributed by atoms with Gasteiger partial charge < -0.3 is 5.32 Å². The van der Waals surface area contributed by atoms with Gasteiger partial charge in [-0.1, -0.05) is 43.2 Å². The number of aliphatic imine (C=N–C) groups is 1. The van der Waals surface area contributed by atoms with Crippen LogP contribution in [0.1, 0.15) is 37.7 Å². The van der Waals surface area contributed by atoms with Crippen molar-refractivity contribution in [2.45, 2.75) is 39.0 Å². The second-order valence-corrected chi connectivity index (χ2v) is 6.99. The lowest BCUT2D eigenvalue weighted by atomic mass is 9.75. The van der Waals surface area contributed by atoms with Gasteiger partial charge in [0.25, 0.3) is 0 Å². The molecule has 20 heavy (non-hydrogen) atoms. The van der Waals surface area contributed by atoms with Gasteiger partial charge in [0.05, 0.1) is 5.69 Å². The molecule has 1 aliphatic heterocycles. The highest BCUT2D eigenvalue weighted by atomic mass is 32.2. The molecule has 0 saturated heterocycles. The Morgan fingerprint density at radius 2 is 2.05 bits per heavy atom. The van der Waals surface area contributed by atoms with Crippen LogP contribution >= 0.6 is 11.8 Å². The van der Waals surface area contributed by atoms with Crippen LogP contribution in [0.5, 0.6) is 0 Å². The molecule has 2 aliphatic rings. The highest BCUT2D eigenvalue weighted by Crippen LogP contribution is 2.42. The predicted octanol–water partition coefficient (Wildman–Crippen LogP) is 4.60. The van der Waals surface area contributed by atoms with Gasteiger partial charge >= 0.3 is 0 Å². The summed E-state index contributed by atoms with van der Waals surface area (Å²) in [5.74, 6) is 0.915. The number of aryl methyl sites for hydroxylation is 1.